The Hall–Kier alpha value is -0.870. The van der Waals surface area contributed by atoms with Crippen LogP contribution in [-0.4, -0.2) is 18.8 Å². The zero-order chi connectivity index (χ0) is 18.6. The molecule has 142 valence electrons. The topological polar surface area (TPSA) is 21.3 Å². The van der Waals surface area contributed by atoms with Gasteiger partial charge in [-0.2, -0.15) is 0 Å². The lowest BCUT2D eigenvalue weighted by atomic mass is 9.68. The minimum Gasteiger partial charge on any atom is -0.376 e. The van der Waals surface area contributed by atoms with Crippen LogP contribution < -0.4 is 5.32 Å². The van der Waals surface area contributed by atoms with Crippen LogP contribution in [0, 0.1) is 5.41 Å². The summed E-state index contributed by atoms with van der Waals surface area (Å²) in [4.78, 5) is 1.40. The number of hydrogen-bond acceptors (Lipinski definition) is 3. The summed E-state index contributed by atoms with van der Waals surface area (Å²) in [5.74, 6) is 0. The van der Waals surface area contributed by atoms with Gasteiger partial charge in [0.25, 0.3) is 0 Å². The third kappa shape index (κ3) is 5.10. The van der Waals surface area contributed by atoms with Crippen molar-refractivity contribution in [2.75, 3.05) is 13.2 Å². The second-order valence-corrected chi connectivity index (χ2v) is 9.63. The SMILES string of the molecule is C[C@@H](NCC[C@@]1(Cc2ccccc2Cl)CCOC(C)(C)C1)c1cccs1. The maximum absolute atomic E-state index is 6.48. The quantitative estimate of drug-likeness (QED) is 0.601. The molecular weight excluding hydrogens is 362 g/mol. The van der Waals surface area contributed by atoms with Crippen LogP contribution in [0.4, 0.5) is 0 Å². The summed E-state index contributed by atoms with van der Waals surface area (Å²) in [5.41, 5.74) is 1.42. The average molecular weight is 392 g/mol. The second kappa shape index (κ2) is 8.43. The van der Waals surface area contributed by atoms with Gasteiger partial charge < -0.3 is 10.1 Å². The maximum atomic E-state index is 6.48. The van der Waals surface area contributed by atoms with E-state index in [1.807, 2.05) is 23.5 Å². The molecule has 2 aromatic rings. The van der Waals surface area contributed by atoms with E-state index in [0.29, 0.717) is 6.04 Å². The monoisotopic (exact) mass is 391 g/mol. The summed E-state index contributed by atoms with van der Waals surface area (Å²) >= 11 is 8.30. The van der Waals surface area contributed by atoms with Crippen molar-refractivity contribution in [3.63, 3.8) is 0 Å². The van der Waals surface area contributed by atoms with E-state index < -0.39 is 0 Å². The molecule has 2 heterocycles. The number of ether oxygens (including phenoxy) is 1. The van der Waals surface area contributed by atoms with Crippen molar-refractivity contribution in [3.05, 3.63) is 57.2 Å². The van der Waals surface area contributed by atoms with Crippen LogP contribution >= 0.6 is 22.9 Å². The van der Waals surface area contributed by atoms with Crippen LogP contribution in [0.25, 0.3) is 0 Å². The standard InChI is InChI=1S/C22H30ClNOS/c1-17(20-9-6-14-26-20)24-12-10-22(11-13-25-21(2,3)16-22)15-18-7-4-5-8-19(18)23/h4-9,14,17,24H,10-13,15-16H2,1-3H3/t17-,22+/m1/s1. The van der Waals surface area contributed by atoms with Crippen molar-refractivity contribution in [1.82, 2.24) is 5.32 Å². The van der Waals surface area contributed by atoms with Gasteiger partial charge in [-0.05, 0) is 81.5 Å². The molecule has 2 nitrogen and oxygen atoms in total. The fraction of sp³-hybridized carbons (Fsp3) is 0.545. The summed E-state index contributed by atoms with van der Waals surface area (Å²) in [6, 6.07) is 13.0. The summed E-state index contributed by atoms with van der Waals surface area (Å²) < 4.78 is 6.02. The van der Waals surface area contributed by atoms with Crippen molar-refractivity contribution >= 4 is 22.9 Å². The Balaban J connectivity index is 1.70. The summed E-state index contributed by atoms with van der Waals surface area (Å²) in [6.45, 7) is 8.53. The first-order valence-corrected chi connectivity index (χ1v) is 10.8. The Kier molecular flexibility index (Phi) is 6.45. The molecule has 2 atom stereocenters. The fourth-order valence-corrected chi connectivity index (χ4v) is 5.24. The average Bonchev–Trinajstić information content (AvgIpc) is 3.11. The van der Waals surface area contributed by atoms with Crippen LogP contribution in [0.1, 0.15) is 56.5 Å². The molecule has 1 aliphatic heterocycles. The Labute approximate surface area is 166 Å². The van der Waals surface area contributed by atoms with Gasteiger partial charge in [0, 0.05) is 22.5 Å². The highest BCUT2D eigenvalue weighted by atomic mass is 35.5. The molecule has 4 heteroatoms. The molecule has 0 amide bonds. The molecule has 1 aromatic carbocycles. The number of nitrogens with one attached hydrogen (secondary N) is 1. The van der Waals surface area contributed by atoms with Crippen LogP contribution in [0.5, 0.6) is 0 Å². The number of thiophene rings is 1. The number of hydrogen-bond donors (Lipinski definition) is 1. The molecule has 3 rings (SSSR count). The first kappa shape index (κ1) is 19.9. The summed E-state index contributed by atoms with van der Waals surface area (Å²) in [5, 5.41) is 6.75. The summed E-state index contributed by atoms with van der Waals surface area (Å²) in [6.07, 6.45) is 4.33. The van der Waals surface area contributed by atoms with Gasteiger partial charge in [0.1, 0.15) is 0 Å². The largest absolute Gasteiger partial charge is 0.376 e. The minimum atomic E-state index is -0.0706. The molecule has 0 spiro atoms. The predicted molar refractivity (Wildman–Crippen MR) is 112 cm³/mol. The van der Waals surface area contributed by atoms with Gasteiger partial charge >= 0.3 is 0 Å². The lowest BCUT2D eigenvalue weighted by molar-refractivity contribution is -0.107. The Morgan fingerprint density at radius 2 is 2.04 bits per heavy atom. The van der Waals surface area contributed by atoms with Crippen LogP contribution in [-0.2, 0) is 11.2 Å². The van der Waals surface area contributed by atoms with Crippen molar-refractivity contribution in [3.8, 4) is 0 Å². The van der Waals surface area contributed by atoms with E-state index in [1.54, 1.807) is 0 Å². The second-order valence-electron chi connectivity index (χ2n) is 8.24. The van der Waals surface area contributed by atoms with E-state index >= 15 is 0 Å². The molecule has 0 aliphatic carbocycles. The third-order valence-corrected chi connectivity index (χ3v) is 6.95. The van der Waals surface area contributed by atoms with E-state index in [2.05, 4.69) is 55.7 Å². The zero-order valence-corrected chi connectivity index (χ0v) is 17.6. The minimum absolute atomic E-state index is 0.0706. The highest BCUT2D eigenvalue weighted by molar-refractivity contribution is 7.10. The van der Waals surface area contributed by atoms with Crippen LogP contribution in [0.2, 0.25) is 5.02 Å². The first-order chi connectivity index (χ1) is 12.4. The number of rotatable bonds is 7. The lowest BCUT2D eigenvalue weighted by Gasteiger charge is -2.45. The van der Waals surface area contributed by atoms with Crippen molar-refractivity contribution in [2.45, 2.75) is 58.1 Å². The first-order valence-electron chi connectivity index (χ1n) is 9.53. The summed E-state index contributed by atoms with van der Waals surface area (Å²) in [7, 11) is 0. The predicted octanol–water partition coefficient (Wildman–Crippen LogP) is 6.26. The van der Waals surface area contributed by atoms with Crippen molar-refractivity contribution in [1.29, 1.82) is 0 Å². The Morgan fingerprint density at radius 1 is 1.23 bits per heavy atom. The van der Waals surface area contributed by atoms with Gasteiger partial charge in [-0.15, -0.1) is 11.3 Å². The molecule has 0 saturated carbocycles. The van der Waals surface area contributed by atoms with E-state index in [0.717, 1.165) is 43.9 Å². The maximum Gasteiger partial charge on any atom is 0.0631 e. The highest BCUT2D eigenvalue weighted by Gasteiger charge is 2.40. The number of halogens is 1. The Bertz CT molecular complexity index is 700. The molecule has 0 unspecified atom stereocenters. The molecular formula is C22H30ClNOS. The normalized spacial score (nSPS) is 23.7. The molecule has 1 fully saturated rings. The van der Waals surface area contributed by atoms with Gasteiger partial charge in [-0.1, -0.05) is 35.9 Å². The fourth-order valence-electron chi connectivity index (χ4n) is 4.28. The Morgan fingerprint density at radius 3 is 2.73 bits per heavy atom. The smallest absolute Gasteiger partial charge is 0.0631 e. The molecule has 0 bridgehead atoms. The highest BCUT2D eigenvalue weighted by Crippen LogP contribution is 2.44. The molecule has 1 aromatic heterocycles. The van der Waals surface area contributed by atoms with Gasteiger partial charge in [-0.3, -0.25) is 0 Å². The van der Waals surface area contributed by atoms with Gasteiger partial charge in [0.2, 0.25) is 0 Å². The molecule has 1 aliphatic rings. The molecule has 1 N–H and O–H groups in total. The molecule has 26 heavy (non-hydrogen) atoms. The van der Waals surface area contributed by atoms with E-state index in [4.69, 9.17) is 16.3 Å². The van der Waals surface area contributed by atoms with Crippen molar-refractivity contribution in [2.24, 2.45) is 5.41 Å². The van der Waals surface area contributed by atoms with E-state index in [1.165, 1.54) is 10.4 Å². The van der Waals surface area contributed by atoms with Crippen LogP contribution in [0.3, 0.4) is 0 Å². The van der Waals surface area contributed by atoms with Crippen molar-refractivity contribution < 1.29 is 4.74 Å². The number of benzene rings is 1. The van der Waals surface area contributed by atoms with Gasteiger partial charge in [0.05, 0.1) is 5.60 Å². The van der Waals surface area contributed by atoms with Crippen LogP contribution in [0.15, 0.2) is 41.8 Å². The molecule has 0 radical (unpaired) electrons. The van der Waals surface area contributed by atoms with E-state index in [-0.39, 0.29) is 11.0 Å². The lowest BCUT2D eigenvalue weighted by Crippen LogP contribution is -2.44. The zero-order valence-electron chi connectivity index (χ0n) is 16.1. The molecule has 1 saturated heterocycles. The third-order valence-electron chi connectivity index (χ3n) is 5.53. The van der Waals surface area contributed by atoms with Gasteiger partial charge in [-0.25, -0.2) is 0 Å². The van der Waals surface area contributed by atoms with E-state index in [9.17, 15) is 0 Å². The van der Waals surface area contributed by atoms with Gasteiger partial charge in [0.15, 0.2) is 0 Å².